The summed E-state index contributed by atoms with van der Waals surface area (Å²) < 4.78 is -1.06. The SMILES string of the molecule is O=C(N[C@@H](NC(=S)Nc1c(Cl)cccc1Cl)C(Cl)(Cl)Cl)c1ccc(Br)cc1. The van der Waals surface area contributed by atoms with Crippen LogP contribution in [0.5, 0.6) is 0 Å². The van der Waals surface area contributed by atoms with Crippen LogP contribution < -0.4 is 16.0 Å². The molecule has 0 unspecified atom stereocenters. The maximum absolute atomic E-state index is 12.4. The van der Waals surface area contributed by atoms with E-state index in [1.165, 1.54) is 0 Å². The van der Waals surface area contributed by atoms with Gasteiger partial charge >= 0.3 is 0 Å². The summed E-state index contributed by atoms with van der Waals surface area (Å²) in [6.45, 7) is 0. The summed E-state index contributed by atoms with van der Waals surface area (Å²) in [7, 11) is 0. The molecule has 0 saturated heterocycles. The number of thiocarbonyl (C=S) groups is 1. The third-order valence-electron chi connectivity index (χ3n) is 3.19. The largest absolute Gasteiger partial charge is 0.339 e. The van der Waals surface area contributed by atoms with E-state index in [4.69, 9.17) is 70.2 Å². The van der Waals surface area contributed by atoms with Gasteiger partial charge in [0.05, 0.1) is 15.7 Å². The van der Waals surface area contributed by atoms with Gasteiger partial charge in [-0.3, -0.25) is 4.79 Å². The standard InChI is InChI=1S/C16H11BrCl5N3OS/c17-9-6-4-8(5-7-9)13(26)24-14(16(20,21)22)25-15(27)23-12-10(18)2-1-3-11(12)19/h1-7,14H,(H,24,26)(H2,23,25,27)/t14-/m0/s1. The Labute approximate surface area is 195 Å². The van der Waals surface area contributed by atoms with E-state index in [1.807, 2.05) is 0 Å². The zero-order valence-corrected chi connectivity index (χ0v) is 19.4. The third-order valence-corrected chi connectivity index (χ3v) is 5.22. The van der Waals surface area contributed by atoms with Gasteiger partial charge in [-0.2, -0.15) is 0 Å². The summed E-state index contributed by atoms with van der Waals surface area (Å²) in [5.74, 6) is -0.454. The van der Waals surface area contributed by atoms with Gasteiger partial charge in [-0.25, -0.2) is 0 Å². The van der Waals surface area contributed by atoms with Crippen molar-refractivity contribution in [3.8, 4) is 0 Å². The number of hydrogen-bond acceptors (Lipinski definition) is 2. The predicted octanol–water partition coefficient (Wildman–Crippen LogP) is 6.17. The Morgan fingerprint density at radius 1 is 1.00 bits per heavy atom. The molecule has 0 aliphatic carbocycles. The van der Waals surface area contributed by atoms with Gasteiger partial charge in [0.15, 0.2) is 5.11 Å². The number of carbonyl (C=O) groups excluding carboxylic acids is 1. The summed E-state index contributed by atoms with van der Waals surface area (Å²) in [6, 6.07) is 11.6. The molecule has 2 aromatic carbocycles. The van der Waals surface area contributed by atoms with Gasteiger partial charge in [-0.05, 0) is 48.6 Å². The minimum absolute atomic E-state index is 0.0532. The van der Waals surface area contributed by atoms with E-state index in [2.05, 4.69) is 31.9 Å². The van der Waals surface area contributed by atoms with E-state index in [-0.39, 0.29) is 5.11 Å². The number of hydrogen-bond donors (Lipinski definition) is 3. The van der Waals surface area contributed by atoms with Crippen molar-refractivity contribution in [2.24, 2.45) is 0 Å². The summed E-state index contributed by atoms with van der Waals surface area (Å²) >= 11 is 38.6. The van der Waals surface area contributed by atoms with E-state index in [1.54, 1.807) is 42.5 Å². The van der Waals surface area contributed by atoms with Gasteiger partial charge < -0.3 is 16.0 Å². The van der Waals surface area contributed by atoms with Gasteiger partial charge in [-0.1, -0.05) is 80.0 Å². The van der Waals surface area contributed by atoms with Gasteiger partial charge in [-0.15, -0.1) is 0 Å². The molecule has 0 aromatic heterocycles. The Balaban J connectivity index is 2.11. The highest BCUT2D eigenvalue weighted by Crippen LogP contribution is 2.31. The lowest BCUT2D eigenvalue weighted by atomic mass is 10.2. The number of nitrogens with one attached hydrogen (secondary N) is 3. The van der Waals surface area contributed by atoms with E-state index in [0.717, 1.165) is 4.47 Å². The van der Waals surface area contributed by atoms with Crippen LogP contribution >= 0.6 is 86.2 Å². The van der Waals surface area contributed by atoms with Crippen LogP contribution in [0, 0.1) is 0 Å². The number of carbonyl (C=O) groups is 1. The molecular weight excluding hydrogens is 539 g/mol. The van der Waals surface area contributed by atoms with Crippen molar-refractivity contribution < 1.29 is 4.79 Å². The fourth-order valence-electron chi connectivity index (χ4n) is 1.91. The lowest BCUT2D eigenvalue weighted by molar-refractivity contribution is 0.0934. The molecule has 0 radical (unpaired) electrons. The maximum Gasteiger partial charge on any atom is 0.252 e. The first-order valence-corrected chi connectivity index (χ1v) is 10.3. The first kappa shape index (κ1) is 22.8. The van der Waals surface area contributed by atoms with Crippen LogP contribution in [0.3, 0.4) is 0 Å². The van der Waals surface area contributed by atoms with Crippen LogP contribution in [0.1, 0.15) is 10.4 Å². The fraction of sp³-hybridized carbons (Fsp3) is 0.125. The first-order valence-electron chi connectivity index (χ1n) is 7.22. The molecule has 27 heavy (non-hydrogen) atoms. The molecule has 0 fully saturated rings. The lowest BCUT2D eigenvalue weighted by Gasteiger charge is -2.28. The normalized spacial score (nSPS) is 12.2. The fourth-order valence-corrected chi connectivity index (χ4v) is 3.22. The number of rotatable bonds is 4. The predicted molar refractivity (Wildman–Crippen MR) is 122 cm³/mol. The van der Waals surface area contributed by atoms with Gasteiger partial charge in [0.25, 0.3) is 5.91 Å². The second-order valence-electron chi connectivity index (χ2n) is 5.15. The molecule has 11 heteroatoms. The van der Waals surface area contributed by atoms with Crippen LogP contribution in [0.4, 0.5) is 5.69 Å². The maximum atomic E-state index is 12.4. The molecule has 0 heterocycles. The molecule has 1 amide bonds. The van der Waals surface area contributed by atoms with E-state index < -0.39 is 15.9 Å². The minimum atomic E-state index is -1.89. The van der Waals surface area contributed by atoms with Crippen molar-refractivity contribution in [3.05, 3.63) is 62.5 Å². The quantitative estimate of drug-likeness (QED) is 0.242. The number of anilines is 1. The van der Waals surface area contributed by atoms with Crippen molar-refractivity contribution >= 4 is 103 Å². The molecule has 4 nitrogen and oxygen atoms in total. The van der Waals surface area contributed by atoms with Crippen molar-refractivity contribution in [2.75, 3.05) is 5.32 Å². The summed E-state index contributed by atoms with van der Waals surface area (Å²) in [5, 5.41) is 8.91. The zero-order valence-electron chi connectivity index (χ0n) is 13.2. The van der Waals surface area contributed by atoms with Crippen LogP contribution in [0.25, 0.3) is 0 Å². The molecule has 0 bridgehead atoms. The van der Waals surface area contributed by atoms with Gasteiger partial charge in [0.1, 0.15) is 6.17 Å². The molecular formula is C16H11BrCl5N3OS. The number of benzene rings is 2. The van der Waals surface area contributed by atoms with Gasteiger partial charge in [0.2, 0.25) is 3.79 Å². The van der Waals surface area contributed by atoms with Crippen molar-refractivity contribution in [3.63, 3.8) is 0 Å². The summed E-state index contributed by atoms with van der Waals surface area (Å²) in [5.41, 5.74) is 0.771. The topological polar surface area (TPSA) is 53.2 Å². The highest BCUT2D eigenvalue weighted by molar-refractivity contribution is 9.10. The van der Waals surface area contributed by atoms with Crippen LogP contribution in [-0.2, 0) is 0 Å². The molecule has 0 spiro atoms. The Morgan fingerprint density at radius 3 is 2.07 bits per heavy atom. The summed E-state index contributed by atoms with van der Waals surface area (Å²) in [6.07, 6.45) is -1.13. The molecule has 1 atom stereocenters. The Morgan fingerprint density at radius 2 is 1.56 bits per heavy atom. The number of amides is 1. The molecule has 144 valence electrons. The highest BCUT2D eigenvalue weighted by atomic mass is 79.9. The van der Waals surface area contributed by atoms with Gasteiger partial charge in [0, 0.05) is 10.0 Å². The monoisotopic (exact) mass is 547 g/mol. The smallest absolute Gasteiger partial charge is 0.252 e. The highest BCUT2D eigenvalue weighted by Gasteiger charge is 2.35. The second-order valence-corrected chi connectivity index (χ2v) is 9.66. The molecule has 2 rings (SSSR count). The van der Waals surface area contributed by atoms with Crippen LogP contribution in [0.15, 0.2) is 46.9 Å². The average molecular weight is 551 g/mol. The van der Waals surface area contributed by atoms with E-state index in [9.17, 15) is 4.79 Å². The Kier molecular flexibility index (Phi) is 8.31. The van der Waals surface area contributed by atoms with E-state index in [0.29, 0.717) is 21.3 Å². The molecule has 0 aliphatic rings. The zero-order chi connectivity index (χ0) is 20.2. The molecule has 0 saturated carbocycles. The van der Waals surface area contributed by atoms with Crippen LogP contribution in [0.2, 0.25) is 10.0 Å². The van der Waals surface area contributed by atoms with Crippen molar-refractivity contribution in [1.82, 2.24) is 10.6 Å². The average Bonchev–Trinajstić information content (AvgIpc) is 2.57. The minimum Gasteiger partial charge on any atom is -0.339 e. The van der Waals surface area contributed by atoms with Crippen molar-refractivity contribution in [1.29, 1.82) is 0 Å². The van der Waals surface area contributed by atoms with Crippen molar-refractivity contribution in [2.45, 2.75) is 9.96 Å². The first-order chi connectivity index (χ1) is 12.6. The molecule has 2 aromatic rings. The third kappa shape index (κ3) is 6.82. The summed E-state index contributed by atoms with van der Waals surface area (Å²) in [4.78, 5) is 12.4. The molecule has 0 aliphatic heterocycles. The number of para-hydroxylation sites is 1. The Bertz CT molecular complexity index is 825. The lowest BCUT2D eigenvalue weighted by Crippen LogP contribution is -2.56. The second kappa shape index (κ2) is 9.83. The number of halogens is 6. The molecule has 3 N–H and O–H groups in total. The van der Waals surface area contributed by atoms with Crippen LogP contribution in [-0.4, -0.2) is 21.0 Å². The Hall–Kier alpha value is -0.470. The number of alkyl halides is 3. The van der Waals surface area contributed by atoms with E-state index >= 15 is 0 Å².